The van der Waals surface area contributed by atoms with E-state index >= 15 is 0 Å². The smallest absolute Gasteiger partial charge is 0.258 e. The van der Waals surface area contributed by atoms with E-state index in [9.17, 15) is 14.4 Å². The average molecular weight is 588 g/mol. The van der Waals surface area contributed by atoms with E-state index < -0.39 is 5.92 Å². The third-order valence-electron chi connectivity index (χ3n) is 7.91. The van der Waals surface area contributed by atoms with Gasteiger partial charge in [-0.1, -0.05) is 62.4 Å². The molecule has 1 heterocycles. The number of amides is 3. The number of likely N-dealkylation sites (N-methyl/N-ethyl adjacent to an activating group) is 1. The summed E-state index contributed by atoms with van der Waals surface area (Å²) in [6.45, 7) is 7.45. The molecule has 0 aliphatic carbocycles. The van der Waals surface area contributed by atoms with Gasteiger partial charge in [-0.05, 0) is 78.8 Å². The Bertz CT molecular complexity index is 1650. The molecular weight excluding hydrogens is 550 g/mol. The molecule has 0 radical (unpaired) electrons. The van der Waals surface area contributed by atoms with Crippen LogP contribution < -0.4 is 15.5 Å². The lowest BCUT2D eigenvalue weighted by molar-refractivity contribution is -0.115. The molecule has 8 nitrogen and oxygen atoms in total. The second-order valence-electron chi connectivity index (χ2n) is 10.6. The molecule has 1 aliphatic heterocycles. The second kappa shape index (κ2) is 13.9. The number of nitrogens with zero attached hydrogens (tertiary/aromatic N) is 3. The van der Waals surface area contributed by atoms with Crippen molar-refractivity contribution < 1.29 is 14.4 Å². The summed E-state index contributed by atoms with van der Waals surface area (Å²) < 4.78 is 0. The van der Waals surface area contributed by atoms with Crippen molar-refractivity contribution in [2.24, 2.45) is 4.99 Å². The van der Waals surface area contributed by atoms with Gasteiger partial charge >= 0.3 is 0 Å². The van der Waals surface area contributed by atoms with E-state index in [2.05, 4.69) is 29.4 Å². The number of aliphatic imine (C=N–C) groups is 1. The summed E-state index contributed by atoms with van der Waals surface area (Å²) in [5, 5.41) is 5.95. The van der Waals surface area contributed by atoms with Crippen molar-refractivity contribution in [1.29, 1.82) is 0 Å². The lowest BCUT2D eigenvalue weighted by Crippen LogP contribution is -2.34. The molecule has 0 saturated heterocycles. The quantitative estimate of drug-likeness (QED) is 0.214. The van der Waals surface area contributed by atoms with Gasteiger partial charge in [-0.3, -0.25) is 19.4 Å². The lowest BCUT2D eigenvalue weighted by atomic mass is 9.89. The van der Waals surface area contributed by atoms with Crippen LogP contribution >= 0.6 is 0 Å². The molecule has 1 unspecified atom stereocenters. The number of hydrogen-bond acceptors (Lipinski definition) is 5. The van der Waals surface area contributed by atoms with Crippen molar-refractivity contribution in [2.75, 3.05) is 43.4 Å². The van der Waals surface area contributed by atoms with Crippen molar-refractivity contribution in [3.8, 4) is 0 Å². The van der Waals surface area contributed by atoms with E-state index in [1.807, 2.05) is 60.7 Å². The summed E-state index contributed by atoms with van der Waals surface area (Å²) in [5.74, 6) is -1.27. The molecule has 5 rings (SSSR count). The molecule has 1 aliphatic rings. The van der Waals surface area contributed by atoms with Gasteiger partial charge in [0.05, 0.1) is 11.4 Å². The van der Waals surface area contributed by atoms with Crippen LogP contribution in [0.25, 0.3) is 0 Å². The number of benzene rings is 4. The Morgan fingerprint density at radius 2 is 1.45 bits per heavy atom. The number of nitrogens with one attached hydrogen (secondary N) is 2. The Labute approximate surface area is 258 Å². The summed E-state index contributed by atoms with van der Waals surface area (Å²) in [7, 11) is 1.73. The molecule has 0 fully saturated rings. The van der Waals surface area contributed by atoms with Gasteiger partial charge in [-0.15, -0.1) is 0 Å². The highest BCUT2D eigenvalue weighted by Crippen LogP contribution is 2.37. The number of fused-ring (bicyclic) bond motifs is 1. The summed E-state index contributed by atoms with van der Waals surface area (Å²) in [6.07, 6.45) is 0. The predicted octanol–water partition coefficient (Wildman–Crippen LogP) is 5.89. The minimum Gasteiger partial charge on any atom is -0.351 e. The van der Waals surface area contributed by atoms with Crippen LogP contribution in [0.5, 0.6) is 0 Å². The highest BCUT2D eigenvalue weighted by Gasteiger charge is 2.36. The fourth-order valence-corrected chi connectivity index (χ4v) is 5.33. The highest BCUT2D eigenvalue weighted by molar-refractivity contribution is 6.24. The summed E-state index contributed by atoms with van der Waals surface area (Å²) in [5.41, 5.74) is 5.08. The number of anilines is 2. The highest BCUT2D eigenvalue weighted by atomic mass is 16.2. The van der Waals surface area contributed by atoms with Crippen LogP contribution in [0.1, 0.15) is 51.6 Å². The van der Waals surface area contributed by atoms with Crippen LogP contribution in [-0.4, -0.2) is 61.6 Å². The number of carbonyl (C=O) groups excluding carboxylic acids is 3. The number of para-hydroxylation sites is 1. The normalized spacial score (nSPS) is 14.2. The molecule has 0 spiro atoms. The first-order valence-corrected chi connectivity index (χ1v) is 14.9. The van der Waals surface area contributed by atoms with Gasteiger partial charge in [-0.25, -0.2) is 0 Å². The molecule has 1 atom stereocenters. The van der Waals surface area contributed by atoms with Crippen molar-refractivity contribution in [1.82, 2.24) is 10.2 Å². The summed E-state index contributed by atoms with van der Waals surface area (Å²) >= 11 is 0. The zero-order valence-corrected chi connectivity index (χ0v) is 25.3. The Morgan fingerprint density at radius 1 is 0.818 bits per heavy atom. The fourth-order valence-electron chi connectivity index (χ4n) is 5.33. The Kier molecular flexibility index (Phi) is 9.62. The van der Waals surface area contributed by atoms with Crippen LogP contribution in [0.15, 0.2) is 108 Å². The minimum absolute atomic E-state index is 0.141. The summed E-state index contributed by atoms with van der Waals surface area (Å²) in [4.78, 5) is 48.4. The fraction of sp³-hybridized carbons (Fsp3) is 0.222. The van der Waals surface area contributed by atoms with Gasteiger partial charge < -0.3 is 20.4 Å². The molecule has 2 N–H and O–H groups in total. The Hall–Kier alpha value is -5.08. The molecule has 4 aromatic carbocycles. The Morgan fingerprint density at radius 3 is 2.11 bits per heavy atom. The lowest BCUT2D eigenvalue weighted by Gasteiger charge is -2.19. The molecular formula is C36H37N5O3. The van der Waals surface area contributed by atoms with Gasteiger partial charge in [0.25, 0.3) is 11.8 Å². The van der Waals surface area contributed by atoms with E-state index in [0.29, 0.717) is 40.3 Å². The number of rotatable bonds is 11. The van der Waals surface area contributed by atoms with Gasteiger partial charge in [0.1, 0.15) is 5.92 Å². The third-order valence-corrected chi connectivity index (χ3v) is 7.91. The maximum absolute atomic E-state index is 13.5. The van der Waals surface area contributed by atoms with Gasteiger partial charge in [0.2, 0.25) is 5.91 Å². The van der Waals surface area contributed by atoms with Crippen molar-refractivity contribution in [2.45, 2.75) is 19.8 Å². The first kappa shape index (κ1) is 30.4. The first-order chi connectivity index (χ1) is 21.4. The van der Waals surface area contributed by atoms with Crippen LogP contribution in [0, 0.1) is 0 Å². The van der Waals surface area contributed by atoms with E-state index in [4.69, 9.17) is 4.99 Å². The van der Waals surface area contributed by atoms with E-state index in [1.165, 1.54) is 0 Å². The van der Waals surface area contributed by atoms with Crippen LogP contribution in [0.2, 0.25) is 0 Å². The number of carbonyl (C=O) groups is 3. The van der Waals surface area contributed by atoms with Crippen LogP contribution in [0.3, 0.4) is 0 Å². The standard InChI is InChI=1S/C36H37N5O3/c1-4-41(5-2)23-22-37-34(42)26-16-19-28(20-17-26)38-33(25-12-8-6-9-13-25)32-30-24-27(18-21-31(30)39-35(32)43)36(44)40(3)29-14-10-7-11-15-29/h6-21,24,32H,4-5,22-23H2,1-3H3,(H,37,42)(H,39,43). The molecule has 4 aromatic rings. The van der Waals surface area contributed by atoms with Crippen LogP contribution in [-0.2, 0) is 4.79 Å². The number of hydrogen-bond donors (Lipinski definition) is 2. The van der Waals surface area contributed by atoms with Crippen molar-refractivity contribution in [3.63, 3.8) is 0 Å². The van der Waals surface area contributed by atoms with Crippen molar-refractivity contribution >= 4 is 40.5 Å². The van der Waals surface area contributed by atoms with Gasteiger partial charge in [0, 0.05) is 42.6 Å². The van der Waals surface area contributed by atoms with Gasteiger partial charge in [-0.2, -0.15) is 0 Å². The third kappa shape index (κ3) is 6.76. The van der Waals surface area contributed by atoms with E-state index in [-0.39, 0.29) is 17.7 Å². The molecule has 0 saturated carbocycles. The van der Waals surface area contributed by atoms with Gasteiger partial charge in [0.15, 0.2) is 0 Å². The maximum atomic E-state index is 13.5. The second-order valence-corrected chi connectivity index (χ2v) is 10.6. The first-order valence-electron chi connectivity index (χ1n) is 14.9. The average Bonchev–Trinajstić information content (AvgIpc) is 3.40. The maximum Gasteiger partial charge on any atom is 0.258 e. The SMILES string of the molecule is CCN(CC)CCNC(=O)c1ccc(N=C(c2ccccc2)C2C(=O)Nc3ccc(C(=O)N(C)c4ccccc4)cc32)cc1. The Balaban J connectivity index is 1.43. The topological polar surface area (TPSA) is 94.1 Å². The predicted molar refractivity (Wildman–Crippen MR) is 176 cm³/mol. The zero-order valence-electron chi connectivity index (χ0n) is 25.3. The largest absolute Gasteiger partial charge is 0.351 e. The van der Waals surface area contributed by atoms with E-state index in [1.54, 1.807) is 54.4 Å². The summed E-state index contributed by atoms with van der Waals surface area (Å²) in [6, 6.07) is 31.3. The van der Waals surface area contributed by atoms with Crippen molar-refractivity contribution in [3.05, 3.63) is 125 Å². The van der Waals surface area contributed by atoms with E-state index in [0.717, 1.165) is 30.9 Å². The molecule has 8 heteroatoms. The molecule has 224 valence electrons. The minimum atomic E-state index is -0.731. The van der Waals surface area contributed by atoms with Crippen LogP contribution in [0.4, 0.5) is 17.1 Å². The molecule has 0 bridgehead atoms. The molecule has 44 heavy (non-hydrogen) atoms. The molecule has 0 aromatic heterocycles. The molecule has 3 amide bonds. The zero-order chi connectivity index (χ0) is 31.1. The monoisotopic (exact) mass is 587 g/mol.